The molecule has 31 heavy (non-hydrogen) atoms. The van der Waals surface area contributed by atoms with Gasteiger partial charge in [0.05, 0.1) is 6.61 Å². The van der Waals surface area contributed by atoms with E-state index in [9.17, 15) is 14.4 Å². The molecule has 1 aromatic rings. The van der Waals surface area contributed by atoms with Gasteiger partial charge in [0.15, 0.2) is 6.61 Å². The first-order valence-electron chi connectivity index (χ1n) is 11.5. The van der Waals surface area contributed by atoms with E-state index in [0.29, 0.717) is 29.9 Å². The third-order valence-electron chi connectivity index (χ3n) is 6.20. The molecule has 1 saturated carbocycles. The van der Waals surface area contributed by atoms with Crippen LogP contribution in [0, 0.1) is 5.92 Å². The third-order valence-corrected chi connectivity index (χ3v) is 6.20. The number of amides is 2. The van der Waals surface area contributed by atoms with Crippen molar-refractivity contribution in [3.05, 3.63) is 29.8 Å². The molecule has 3 rings (SSSR count). The summed E-state index contributed by atoms with van der Waals surface area (Å²) in [6, 6.07) is 7.07. The number of likely N-dealkylation sites (tertiary alicyclic amines) is 1. The zero-order chi connectivity index (χ0) is 22.1. The maximum atomic E-state index is 12.6. The van der Waals surface area contributed by atoms with E-state index in [2.05, 4.69) is 12.2 Å². The second-order valence-corrected chi connectivity index (χ2v) is 8.41. The van der Waals surface area contributed by atoms with E-state index in [1.165, 1.54) is 19.3 Å². The Balaban J connectivity index is 1.38. The number of benzene rings is 1. The molecule has 0 spiro atoms. The van der Waals surface area contributed by atoms with Crippen LogP contribution in [0.1, 0.15) is 68.6 Å². The van der Waals surface area contributed by atoms with Crippen LogP contribution in [-0.4, -0.2) is 55.0 Å². The van der Waals surface area contributed by atoms with Gasteiger partial charge in [-0.1, -0.05) is 26.2 Å². The van der Waals surface area contributed by atoms with Gasteiger partial charge in [-0.2, -0.15) is 0 Å². The number of esters is 1. The molecule has 2 amide bonds. The molecule has 2 aliphatic rings. The molecule has 2 atom stereocenters. The fraction of sp³-hybridized carbons (Fsp3) is 0.625. The Morgan fingerprint density at radius 2 is 1.81 bits per heavy atom. The van der Waals surface area contributed by atoms with E-state index >= 15 is 0 Å². The van der Waals surface area contributed by atoms with Crippen LogP contribution < -0.4 is 10.1 Å². The van der Waals surface area contributed by atoms with Crippen molar-refractivity contribution in [2.75, 3.05) is 26.3 Å². The molecule has 0 unspecified atom stereocenters. The van der Waals surface area contributed by atoms with Crippen molar-refractivity contribution < 1.29 is 23.9 Å². The maximum absolute atomic E-state index is 12.6. The van der Waals surface area contributed by atoms with Gasteiger partial charge in [-0.05, 0) is 62.3 Å². The summed E-state index contributed by atoms with van der Waals surface area (Å²) >= 11 is 0. The molecule has 1 N–H and O–H groups in total. The predicted octanol–water partition coefficient (Wildman–Crippen LogP) is 3.32. The summed E-state index contributed by atoms with van der Waals surface area (Å²) < 4.78 is 10.7. The van der Waals surface area contributed by atoms with Gasteiger partial charge in [0.2, 0.25) is 0 Å². The minimum Gasteiger partial charge on any atom is -0.494 e. The highest BCUT2D eigenvalue weighted by atomic mass is 16.5. The number of carbonyl (C=O) groups is 3. The first-order chi connectivity index (χ1) is 15.1. The van der Waals surface area contributed by atoms with Crippen molar-refractivity contribution in [3.8, 4) is 5.75 Å². The minimum absolute atomic E-state index is 0.130. The molecule has 2 fully saturated rings. The lowest BCUT2D eigenvalue weighted by Gasteiger charge is -2.44. The van der Waals surface area contributed by atoms with Crippen LogP contribution >= 0.6 is 0 Å². The van der Waals surface area contributed by atoms with Crippen molar-refractivity contribution in [1.82, 2.24) is 10.2 Å². The summed E-state index contributed by atoms with van der Waals surface area (Å²) in [7, 11) is 0. The zero-order valence-corrected chi connectivity index (χ0v) is 18.4. The van der Waals surface area contributed by atoms with E-state index in [-0.39, 0.29) is 25.0 Å². The van der Waals surface area contributed by atoms with Gasteiger partial charge < -0.3 is 19.7 Å². The Hall–Kier alpha value is -2.57. The van der Waals surface area contributed by atoms with E-state index in [1.807, 2.05) is 4.90 Å². The van der Waals surface area contributed by atoms with Gasteiger partial charge >= 0.3 is 5.97 Å². The molecule has 1 saturated heterocycles. The van der Waals surface area contributed by atoms with Gasteiger partial charge in [0.1, 0.15) is 12.3 Å². The number of piperidine rings is 1. The number of rotatable bonds is 9. The molecule has 1 aliphatic heterocycles. The number of hydrogen-bond donors (Lipinski definition) is 1. The molecule has 1 aromatic carbocycles. The van der Waals surface area contributed by atoms with Crippen molar-refractivity contribution >= 4 is 17.8 Å². The third kappa shape index (κ3) is 6.71. The van der Waals surface area contributed by atoms with Gasteiger partial charge in [-0.3, -0.25) is 14.4 Å². The Bertz CT molecular complexity index is 747. The number of fused-ring (bicyclic) bond motifs is 1. The number of ether oxygens (including phenoxy) is 2. The monoisotopic (exact) mass is 430 g/mol. The Morgan fingerprint density at radius 1 is 1.06 bits per heavy atom. The highest BCUT2D eigenvalue weighted by Crippen LogP contribution is 2.35. The van der Waals surface area contributed by atoms with Gasteiger partial charge in [-0.15, -0.1) is 0 Å². The zero-order valence-electron chi connectivity index (χ0n) is 18.4. The predicted molar refractivity (Wildman–Crippen MR) is 117 cm³/mol. The number of nitrogens with one attached hydrogen (secondary N) is 1. The van der Waals surface area contributed by atoms with Crippen molar-refractivity contribution in [2.45, 2.75) is 64.3 Å². The molecule has 0 bridgehead atoms. The van der Waals surface area contributed by atoms with Crippen LogP contribution in [0.25, 0.3) is 0 Å². The highest BCUT2D eigenvalue weighted by Gasteiger charge is 2.35. The van der Waals surface area contributed by atoms with Crippen LogP contribution in [0.15, 0.2) is 24.3 Å². The average molecular weight is 431 g/mol. The largest absolute Gasteiger partial charge is 0.494 e. The van der Waals surface area contributed by atoms with Crippen LogP contribution in [0.5, 0.6) is 5.75 Å². The first kappa shape index (κ1) is 23.1. The summed E-state index contributed by atoms with van der Waals surface area (Å²) in [4.78, 5) is 38.7. The van der Waals surface area contributed by atoms with Crippen LogP contribution in [-0.2, 0) is 14.3 Å². The van der Waals surface area contributed by atoms with Gasteiger partial charge in [0, 0.05) is 18.2 Å². The molecule has 7 heteroatoms. The summed E-state index contributed by atoms with van der Waals surface area (Å²) in [6.07, 6.45) is 8.86. The molecule has 1 heterocycles. The molecular weight excluding hydrogens is 396 g/mol. The second kappa shape index (κ2) is 11.7. The quantitative estimate of drug-likeness (QED) is 0.480. The second-order valence-electron chi connectivity index (χ2n) is 8.41. The van der Waals surface area contributed by atoms with Gasteiger partial charge in [-0.25, -0.2) is 0 Å². The van der Waals surface area contributed by atoms with Crippen molar-refractivity contribution in [2.24, 2.45) is 5.92 Å². The van der Waals surface area contributed by atoms with Crippen LogP contribution in [0.4, 0.5) is 0 Å². The lowest BCUT2D eigenvalue weighted by atomic mass is 9.78. The normalized spacial score (nSPS) is 20.5. The number of carbonyl (C=O) groups excluding carboxylic acids is 3. The number of hydrogen-bond acceptors (Lipinski definition) is 5. The summed E-state index contributed by atoms with van der Waals surface area (Å²) in [6.45, 7) is 2.95. The van der Waals surface area contributed by atoms with Crippen LogP contribution in [0.3, 0.4) is 0 Å². The smallest absolute Gasteiger partial charge is 0.325 e. The summed E-state index contributed by atoms with van der Waals surface area (Å²) in [5, 5.41) is 2.54. The van der Waals surface area contributed by atoms with E-state index < -0.39 is 5.97 Å². The average Bonchev–Trinajstić information content (AvgIpc) is 2.81. The minimum atomic E-state index is -0.613. The lowest BCUT2D eigenvalue weighted by molar-refractivity contribution is -0.154. The van der Waals surface area contributed by atoms with E-state index in [4.69, 9.17) is 9.47 Å². The van der Waals surface area contributed by atoms with Crippen molar-refractivity contribution in [3.63, 3.8) is 0 Å². The van der Waals surface area contributed by atoms with E-state index in [0.717, 1.165) is 38.6 Å². The lowest BCUT2D eigenvalue weighted by Crippen LogP contribution is -2.51. The fourth-order valence-corrected chi connectivity index (χ4v) is 4.50. The Kier molecular flexibility index (Phi) is 8.74. The Labute approximate surface area is 184 Å². The molecule has 7 nitrogen and oxygen atoms in total. The molecule has 0 aromatic heterocycles. The number of nitrogens with zero attached hydrogens (tertiary/aromatic N) is 1. The standard InChI is InChI=1S/C24H34N2O5/c1-2-3-15-30-20-12-10-19(11-13-20)24(29)25-16-23(28)31-17-22(27)26-14-6-8-18-7-4-5-9-21(18)26/h10-13,18,21H,2-9,14-17H2,1H3,(H,25,29)/t18-,21+/m1/s1. The maximum Gasteiger partial charge on any atom is 0.325 e. The van der Waals surface area contributed by atoms with Gasteiger partial charge in [0.25, 0.3) is 11.8 Å². The SMILES string of the molecule is CCCCOc1ccc(C(=O)NCC(=O)OCC(=O)N2CCC[C@H]3CCCC[C@@H]32)cc1. The molecule has 1 aliphatic carbocycles. The fourth-order valence-electron chi connectivity index (χ4n) is 4.50. The van der Waals surface area contributed by atoms with Crippen LogP contribution in [0.2, 0.25) is 0 Å². The molecular formula is C24H34N2O5. The summed E-state index contributed by atoms with van der Waals surface area (Å²) in [5.74, 6) is 0.184. The Morgan fingerprint density at radius 3 is 2.58 bits per heavy atom. The highest BCUT2D eigenvalue weighted by molar-refractivity contribution is 5.96. The molecule has 170 valence electrons. The number of unbranched alkanes of at least 4 members (excludes halogenated alkanes) is 1. The van der Waals surface area contributed by atoms with E-state index in [1.54, 1.807) is 24.3 Å². The summed E-state index contributed by atoms with van der Waals surface area (Å²) in [5.41, 5.74) is 0.434. The molecule has 0 radical (unpaired) electrons. The topological polar surface area (TPSA) is 84.9 Å². The first-order valence-corrected chi connectivity index (χ1v) is 11.5. The van der Waals surface area contributed by atoms with Crippen molar-refractivity contribution in [1.29, 1.82) is 0 Å².